The van der Waals surface area contributed by atoms with Crippen LogP contribution in [0.4, 0.5) is 0 Å². The summed E-state index contributed by atoms with van der Waals surface area (Å²) in [6.45, 7) is 0. The minimum Gasteiger partial charge on any atom is -0.364 e. The van der Waals surface area contributed by atoms with Crippen molar-refractivity contribution < 1.29 is 4.79 Å². The lowest BCUT2D eigenvalue weighted by Gasteiger charge is -1.94. The lowest BCUT2D eigenvalue weighted by molar-refractivity contribution is 0.0993. The topological polar surface area (TPSA) is 111 Å². The van der Waals surface area contributed by atoms with Crippen molar-refractivity contribution in [2.45, 2.75) is 0 Å². The van der Waals surface area contributed by atoms with E-state index in [-0.39, 0.29) is 11.4 Å². The van der Waals surface area contributed by atoms with Gasteiger partial charge >= 0.3 is 0 Å². The molecule has 1 aromatic heterocycles. The fourth-order valence-corrected chi connectivity index (χ4v) is 0.687. The third-order valence-electron chi connectivity index (χ3n) is 1.13. The minimum atomic E-state index is -0.762. The molecule has 0 aliphatic heterocycles. The molecule has 0 atom stereocenters. The van der Waals surface area contributed by atoms with Crippen molar-refractivity contribution in [3.63, 3.8) is 0 Å². The van der Waals surface area contributed by atoms with Crippen molar-refractivity contribution in [3.8, 4) is 6.07 Å². The second kappa shape index (κ2) is 2.30. The molecule has 1 rings (SSSR count). The number of hydrogen-bond donors (Lipinski definition) is 2. The van der Waals surface area contributed by atoms with Crippen LogP contribution < -0.4 is 11.6 Å². The van der Waals surface area contributed by atoms with Crippen LogP contribution in [0.1, 0.15) is 16.2 Å². The van der Waals surface area contributed by atoms with Gasteiger partial charge in [-0.2, -0.15) is 5.26 Å². The molecule has 0 unspecified atom stereocenters. The maximum Gasteiger partial charge on any atom is 0.270 e. The van der Waals surface area contributed by atoms with Gasteiger partial charge in [-0.3, -0.25) is 4.79 Å². The Kier molecular flexibility index (Phi) is 1.48. The number of primary amides is 1. The highest BCUT2D eigenvalue weighted by atomic mass is 16.1. The smallest absolute Gasteiger partial charge is 0.270 e. The van der Waals surface area contributed by atoms with Crippen LogP contribution in [0.5, 0.6) is 0 Å². The van der Waals surface area contributed by atoms with Gasteiger partial charge in [-0.1, -0.05) is 0 Å². The Balaban J connectivity index is 3.32. The van der Waals surface area contributed by atoms with E-state index in [0.717, 1.165) is 11.0 Å². The normalized spacial score (nSPS) is 9.00. The van der Waals surface area contributed by atoms with Gasteiger partial charge in [-0.25, -0.2) is 9.66 Å². The molecule has 11 heavy (non-hydrogen) atoms. The molecule has 0 radical (unpaired) electrons. The zero-order valence-electron chi connectivity index (χ0n) is 5.48. The number of carbonyl (C=O) groups is 1. The van der Waals surface area contributed by atoms with E-state index in [2.05, 4.69) is 4.98 Å². The number of amides is 1. The van der Waals surface area contributed by atoms with Gasteiger partial charge in [-0.15, -0.1) is 0 Å². The van der Waals surface area contributed by atoms with Crippen LogP contribution in [0.15, 0.2) is 6.33 Å². The number of nitriles is 1. The first kappa shape index (κ1) is 7.08. The van der Waals surface area contributed by atoms with Crippen molar-refractivity contribution in [2.75, 3.05) is 5.84 Å². The summed E-state index contributed by atoms with van der Waals surface area (Å²) in [5.41, 5.74) is 4.77. The molecule has 0 aliphatic carbocycles. The Morgan fingerprint density at radius 3 is 2.82 bits per heavy atom. The number of imidazole rings is 1. The number of nitrogens with two attached hydrogens (primary N) is 2. The molecule has 0 saturated heterocycles. The monoisotopic (exact) mass is 151 g/mol. The molecule has 1 amide bonds. The van der Waals surface area contributed by atoms with Crippen molar-refractivity contribution in [2.24, 2.45) is 5.73 Å². The summed E-state index contributed by atoms with van der Waals surface area (Å²) in [5.74, 6) is 4.46. The Labute approximate surface area is 62.0 Å². The molecule has 0 aromatic carbocycles. The largest absolute Gasteiger partial charge is 0.364 e. The van der Waals surface area contributed by atoms with E-state index in [0.29, 0.717) is 0 Å². The first-order valence-corrected chi connectivity index (χ1v) is 2.69. The Morgan fingerprint density at radius 2 is 2.45 bits per heavy atom. The summed E-state index contributed by atoms with van der Waals surface area (Å²) in [4.78, 5) is 14.1. The number of hydrogen-bond acceptors (Lipinski definition) is 4. The zero-order chi connectivity index (χ0) is 8.43. The summed E-state index contributed by atoms with van der Waals surface area (Å²) >= 11 is 0. The summed E-state index contributed by atoms with van der Waals surface area (Å²) in [5, 5.41) is 8.39. The third-order valence-corrected chi connectivity index (χ3v) is 1.13. The van der Waals surface area contributed by atoms with Crippen LogP contribution in [0.3, 0.4) is 0 Å². The van der Waals surface area contributed by atoms with Crippen LogP contribution in [-0.4, -0.2) is 15.6 Å². The molecule has 6 heteroatoms. The van der Waals surface area contributed by atoms with Crippen molar-refractivity contribution in [1.29, 1.82) is 5.26 Å². The Morgan fingerprint density at radius 1 is 1.82 bits per heavy atom. The van der Waals surface area contributed by atoms with Gasteiger partial charge in [-0.05, 0) is 0 Å². The quantitative estimate of drug-likeness (QED) is 0.479. The van der Waals surface area contributed by atoms with Crippen LogP contribution in [0.2, 0.25) is 0 Å². The van der Waals surface area contributed by atoms with Gasteiger partial charge in [0.25, 0.3) is 5.91 Å². The van der Waals surface area contributed by atoms with E-state index in [1.807, 2.05) is 0 Å². The fourth-order valence-electron chi connectivity index (χ4n) is 0.687. The number of nitrogens with zero attached hydrogens (tertiary/aromatic N) is 3. The first-order chi connectivity index (χ1) is 5.16. The van der Waals surface area contributed by atoms with E-state index in [4.69, 9.17) is 16.8 Å². The highest BCUT2D eigenvalue weighted by molar-refractivity contribution is 5.93. The highest BCUT2D eigenvalue weighted by Crippen LogP contribution is 2.00. The highest BCUT2D eigenvalue weighted by Gasteiger charge is 2.13. The van der Waals surface area contributed by atoms with Gasteiger partial charge < -0.3 is 11.6 Å². The van der Waals surface area contributed by atoms with E-state index in [1.165, 1.54) is 0 Å². The van der Waals surface area contributed by atoms with Crippen LogP contribution in [0, 0.1) is 11.3 Å². The molecule has 4 N–H and O–H groups in total. The van der Waals surface area contributed by atoms with E-state index >= 15 is 0 Å². The predicted molar refractivity (Wildman–Crippen MR) is 35.6 cm³/mol. The molecule has 1 aromatic rings. The fraction of sp³-hybridized carbons (Fsp3) is 0. The van der Waals surface area contributed by atoms with Crippen LogP contribution in [-0.2, 0) is 0 Å². The molecule has 0 saturated carbocycles. The minimum absolute atomic E-state index is 0.0556. The molecule has 0 aliphatic rings. The molecular weight excluding hydrogens is 146 g/mol. The molecular formula is C5H5N5O. The second-order valence-corrected chi connectivity index (χ2v) is 1.83. The molecule has 56 valence electrons. The maximum absolute atomic E-state index is 10.6. The number of carbonyl (C=O) groups excluding carboxylic acids is 1. The molecule has 6 nitrogen and oxygen atoms in total. The van der Waals surface area contributed by atoms with Gasteiger partial charge in [0.05, 0.1) is 0 Å². The lowest BCUT2D eigenvalue weighted by atomic mass is 10.3. The van der Waals surface area contributed by atoms with Gasteiger partial charge in [0.2, 0.25) is 0 Å². The molecule has 0 fully saturated rings. The number of rotatable bonds is 1. The predicted octanol–water partition coefficient (Wildman–Crippen LogP) is -1.43. The second-order valence-electron chi connectivity index (χ2n) is 1.83. The maximum atomic E-state index is 10.6. The molecule has 1 heterocycles. The summed E-state index contributed by atoms with van der Waals surface area (Å²) in [6.07, 6.45) is 1.15. The summed E-state index contributed by atoms with van der Waals surface area (Å²) in [7, 11) is 0. The average Bonchev–Trinajstić information content (AvgIpc) is 2.30. The van der Waals surface area contributed by atoms with Gasteiger partial charge in [0, 0.05) is 0 Å². The van der Waals surface area contributed by atoms with Gasteiger partial charge in [0.1, 0.15) is 12.4 Å². The van der Waals surface area contributed by atoms with Crippen molar-refractivity contribution in [3.05, 3.63) is 17.7 Å². The number of nitrogen functional groups attached to an aromatic ring is 1. The van der Waals surface area contributed by atoms with Crippen molar-refractivity contribution in [1.82, 2.24) is 9.66 Å². The average molecular weight is 151 g/mol. The summed E-state index contributed by atoms with van der Waals surface area (Å²) in [6, 6.07) is 1.68. The summed E-state index contributed by atoms with van der Waals surface area (Å²) < 4.78 is 0.918. The van der Waals surface area contributed by atoms with E-state index in [9.17, 15) is 4.79 Å². The van der Waals surface area contributed by atoms with Gasteiger partial charge in [0.15, 0.2) is 11.4 Å². The number of aromatic nitrogens is 2. The van der Waals surface area contributed by atoms with Crippen LogP contribution in [0.25, 0.3) is 0 Å². The van der Waals surface area contributed by atoms with Crippen LogP contribution >= 0.6 is 0 Å². The van der Waals surface area contributed by atoms with E-state index in [1.54, 1.807) is 6.07 Å². The Bertz CT molecular complexity index is 333. The lowest BCUT2D eigenvalue weighted by Crippen LogP contribution is -2.21. The zero-order valence-corrected chi connectivity index (χ0v) is 5.48. The van der Waals surface area contributed by atoms with E-state index < -0.39 is 5.91 Å². The molecule has 0 spiro atoms. The Hall–Kier alpha value is -2.03. The SMILES string of the molecule is N#Cc1ncn(N)c1C(N)=O. The molecule has 0 bridgehead atoms. The van der Waals surface area contributed by atoms with Crippen molar-refractivity contribution >= 4 is 5.91 Å². The third kappa shape index (κ3) is 0.986. The first-order valence-electron chi connectivity index (χ1n) is 2.69. The standard InChI is InChI=1S/C5H5N5O/c6-1-3-4(5(7)11)10(8)2-9-3/h2H,8H2,(H2,7,11).